The van der Waals surface area contributed by atoms with Crippen molar-refractivity contribution in [3.63, 3.8) is 0 Å². The number of rotatable bonds is 6. The Kier molecular flexibility index (Phi) is 5.72. The number of hydrogen-bond donors (Lipinski definition) is 2. The number of para-hydroxylation sites is 1. The molecule has 0 aliphatic heterocycles. The maximum atomic E-state index is 12.7. The number of benzene rings is 1. The third-order valence-electron chi connectivity index (χ3n) is 4.15. The van der Waals surface area contributed by atoms with Crippen LogP contribution in [0.5, 0.6) is 0 Å². The molecule has 0 aliphatic rings. The normalized spacial score (nSPS) is 12.9. The topological polar surface area (TPSA) is 102 Å². The van der Waals surface area contributed by atoms with Gasteiger partial charge in [-0.25, -0.2) is 9.48 Å². The first-order valence-electron chi connectivity index (χ1n) is 9.67. The summed E-state index contributed by atoms with van der Waals surface area (Å²) in [5.41, 5.74) is 0.268. The van der Waals surface area contributed by atoms with E-state index in [0.29, 0.717) is 17.5 Å². The van der Waals surface area contributed by atoms with Crippen LogP contribution >= 0.6 is 0 Å². The third kappa shape index (κ3) is 5.01. The first-order valence-corrected chi connectivity index (χ1v) is 9.67. The lowest BCUT2D eigenvalue weighted by Gasteiger charge is -2.25. The lowest BCUT2D eigenvalue weighted by molar-refractivity contribution is -0.156. The van der Waals surface area contributed by atoms with Crippen LogP contribution in [0.3, 0.4) is 0 Å². The van der Waals surface area contributed by atoms with Crippen molar-refractivity contribution in [2.45, 2.75) is 52.7 Å². The number of fused-ring (bicyclic) bond motifs is 1. The van der Waals surface area contributed by atoms with Crippen molar-refractivity contribution in [2.75, 3.05) is 5.32 Å². The highest BCUT2D eigenvalue weighted by molar-refractivity contribution is 5.80. The van der Waals surface area contributed by atoms with Gasteiger partial charge in [0.05, 0.1) is 11.9 Å². The summed E-state index contributed by atoms with van der Waals surface area (Å²) in [6.45, 7) is 9.50. The predicted molar refractivity (Wildman–Crippen MR) is 112 cm³/mol. The fourth-order valence-corrected chi connectivity index (χ4v) is 2.97. The SMILES string of the molecule is CC(C)C[C@@H](Nc1nc2c(cnn2-c2ccccc2)c(=O)[nH]1)C(=O)OC(C)(C)C. The number of aromatic amines is 1. The van der Waals surface area contributed by atoms with Crippen molar-refractivity contribution in [3.8, 4) is 5.69 Å². The van der Waals surface area contributed by atoms with Crippen LogP contribution < -0.4 is 10.9 Å². The molecule has 1 atom stereocenters. The largest absolute Gasteiger partial charge is 0.458 e. The Bertz CT molecular complexity index is 1050. The zero-order valence-electron chi connectivity index (χ0n) is 17.4. The van der Waals surface area contributed by atoms with Gasteiger partial charge in [0.1, 0.15) is 17.0 Å². The number of carbonyl (C=O) groups excluding carboxylic acids is 1. The lowest BCUT2D eigenvalue weighted by atomic mass is 10.0. The van der Waals surface area contributed by atoms with Crippen molar-refractivity contribution >= 4 is 23.0 Å². The molecule has 0 aliphatic carbocycles. The van der Waals surface area contributed by atoms with E-state index in [9.17, 15) is 9.59 Å². The maximum absolute atomic E-state index is 12.7. The molecular formula is C21H27N5O3. The predicted octanol–water partition coefficient (Wildman–Crippen LogP) is 3.28. The number of carbonyl (C=O) groups is 1. The summed E-state index contributed by atoms with van der Waals surface area (Å²) >= 11 is 0. The van der Waals surface area contributed by atoms with Gasteiger partial charge in [-0.3, -0.25) is 9.78 Å². The van der Waals surface area contributed by atoms with Gasteiger partial charge in [0.15, 0.2) is 5.65 Å². The lowest BCUT2D eigenvalue weighted by Crippen LogP contribution is -2.38. The molecule has 3 rings (SSSR count). The van der Waals surface area contributed by atoms with Gasteiger partial charge in [-0.15, -0.1) is 0 Å². The second-order valence-electron chi connectivity index (χ2n) is 8.40. The van der Waals surface area contributed by atoms with E-state index >= 15 is 0 Å². The minimum Gasteiger partial charge on any atom is -0.458 e. The summed E-state index contributed by atoms with van der Waals surface area (Å²) in [6, 6.07) is 8.80. The Morgan fingerprint density at radius 1 is 1.24 bits per heavy atom. The molecule has 8 heteroatoms. The van der Waals surface area contributed by atoms with E-state index in [4.69, 9.17) is 4.74 Å². The van der Waals surface area contributed by atoms with Gasteiger partial charge in [-0.1, -0.05) is 32.0 Å². The number of aromatic nitrogens is 4. The average molecular weight is 397 g/mol. The summed E-state index contributed by atoms with van der Waals surface area (Å²) in [5, 5.41) is 7.72. The Labute approximate surface area is 169 Å². The fourth-order valence-electron chi connectivity index (χ4n) is 2.97. The van der Waals surface area contributed by atoms with Crippen LogP contribution in [0.4, 0.5) is 5.95 Å². The van der Waals surface area contributed by atoms with E-state index in [1.54, 1.807) is 4.68 Å². The molecule has 2 N–H and O–H groups in total. The van der Waals surface area contributed by atoms with E-state index in [1.165, 1.54) is 6.20 Å². The molecule has 0 saturated carbocycles. The highest BCUT2D eigenvalue weighted by Gasteiger charge is 2.27. The number of H-pyrrole nitrogens is 1. The molecule has 2 aromatic heterocycles. The number of nitrogens with one attached hydrogen (secondary N) is 2. The van der Waals surface area contributed by atoms with Gasteiger partial charge in [0.2, 0.25) is 5.95 Å². The molecule has 8 nitrogen and oxygen atoms in total. The molecule has 154 valence electrons. The van der Waals surface area contributed by atoms with Crippen LogP contribution in [0.1, 0.15) is 41.0 Å². The number of nitrogens with zero attached hydrogens (tertiary/aromatic N) is 3. The van der Waals surface area contributed by atoms with Crippen molar-refractivity contribution in [1.29, 1.82) is 0 Å². The van der Waals surface area contributed by atoms with Gasteiger partial charge < -0.3 is 10.1 Å². The highest BCUT2D eigenvalue weighted by Crippen LogP contribution is 2.18. The standard InChI is InChI=1S/C21H27N5O3/c1-13(2)11-16(19(28)29-21(3,4)5)23-20-24-17-15(18(27)25-20)12-22-26(17)14-9-7-6-8-10-14/h6-10,12-13,16H,11H2,1-5H3,(H2,23,24,25,27)/t16-/m1/s1. The summed E-state index contributed by atoms with van der Waals surface area (Å²) in [4.78, 5) is 32.4. The molecule has 0 amide bonds. The van der Waals surface area contributed by atoms with Crippen molar-refractivity contribution < 1.29 is 9.53 Å². The smallest absolute Gasteiger partial charge is 0.329 e. The van der Waals surface area contributed by atoms with Crippen LogP contribution in [-0.4, -0.2) is 37.4 Å². The van der Waals surface area contributed by atoms with Gasteiger partial charge >= 0.3 is 5.97 Å². The van der Waals surface area contributed by atoms with Crippen molar-refractivity contribution in [2.24, 2.45) is 5.92 Å². The number of anilines is 1. The van der Waals surface area contributed by atoms with Gasteiger partial charge in [0, 0.05) is 0 Å². The minimum absolute atomic E-state index is 0.205. The summed E-state index contributed by atoms with van der Waals surface area (Å²) in [5.74, 6) is 0.0625. The van der Waals surface area contributed by atoms with Crippen LogP contribution in [0.2, 0.25) is 0 Å². The maximum Gasteiger partial charge on any atom is 0.329 e. The Hall–Kier alpha value is -3.16. The highest BCUT2D eigenvalue weighted by atomic mass is 16.6. The van der Waals surface area contributed by atoms with Crippen molar-refractivity contribution in [1.82, 2.24) is 19.7 Å². The first kappa shape index (κ1) is 20.6. The zero-order valence-corrected chi connectivity index (χ0v) is 17.4. The minimum atomic E-state index is -0.636. The average Bonchev–Trinajstić information content (AvgIpc) is 3.04. The molecule has 29 heavy (non-hydrogen) atoms. The van der Waals surface area contributed by atoms with E-state index in [0.717, 1.165) is 5.69 Å². The van der Waals surface area contributed by atoms with Gasteiger partial charge in [-0.2, -0.15) is 10.1 Å². The zero-order chi connectivity index (χ0) is 21.2. The number of esters is 1. The quantitative estimate of drug-likeness (QED) is 0.619. The summed E-state index contributed by atoms with van der Waals surface area (Å²) in [6.07, 6.45) is 2.02. The molecule has 1 aromatic carbocycles. The van der Waals surface area contributed by atoms with Crippen LogP contribution in [0, 0.1) is 5.92 Å². The van der Waals surface area contributed by atoms with E-state index in [-0.39, 0.29) is 23.4 Å². The summed E-state index contributed by atoms with van der Waals surface area (Å²) < 4.78 is 7.13. The second-order valence-corrected chi connectivity index (χ2v) is 8.40. The van der Waals surface area contributed by atoms with Gasteiger partial charge in [-0.05, 0) is 45.2 Å². The number of hydrogen-bond acceptors (Lipinski definition) is 6. The monoisotopic (exact) mass is 397 g/mol. The third-order valence-corrected chi connectivity index (χ3v) is 4.15. The molecule has 3 aromatic rings. The van der Waals surface area contributed by atoms with Crippen LogP contribution in [0.25, 0.3) is 16.7 Å². The van der Waals surface area contributed by atoms with Crippen LogP contribution in [0.15, 0.2) is 41.3 Å². The second kappa shape index (κ2) is 8.06. The molecule has 0 radical (unpaired) electrons. The van der Waals surface area contributed by atoms with E-state index < -0.39 is 11.6 Å². The Balaban J connectivity index is 1.97. The van der Waals surface area contributed by atoms with Crippen molar-refractivity contribution in [3.05, 3.63) is 46.9 Å². The van der Waals surface area contributed by atoms with Crippen LogP contribution in [-0.2, 0) is 9.53 Å². The Morgan fingerprint density at radius 3 is 2.55 bits per heavy atom. The number of ether oxygens (including phenoxy) is 1. The summed E-state index contributed by atoms with van der Waals surface area (Å²) in [7, 11) is 0. The van der Waals surface area contributed by atoms with E-state index in [2.05, 4.69) is 20.4 Å². The Morgan fingerprint density at radius 2 is 1.93 bits per heavy atom. The fraction of sp³-hybridized carbons (Fsp3) is 0.429. The molecule has 2 heterocycles. The molecular weight excluding hydrogens is 370 g/mol. The molecule has 0 bridgehead atoms. The molecule has 0 saturated heterocycles. The van der Waals surface area contributed by atoms with Gasteiger partial charge in [0.25, 0.3) is 5.56 Å². The molecule has 0 spiro atoms. The molecule has 0 fully saturated rings. The first-order chi connectivity index (χ1) is 13.6. The molecule has 0 unspecified atom stereocenters. The van der Waals surface area contributed by atoms with E-state index in [1.807, 2.05) is 65.0 Å².